The van der Waals surface area contributed by atoms with Gasteiger partial charge in [0.25, 0.3) is 10.1 Å². The fourth-order valence-electron chi connectivity index (χ4n) is 2.17. The minimum Gasteiger partial charge on any atom is -0.282 e. The number of unbranched alkanes of at least 4 members (excludes halogenated alkanes) is 1. The van der Waals surface area contributed by atoms with E-state index in [1.807, 2.05) is 36.4 Å². The van der Waals surface area contributed by atoms with E-state index >= 15 is 0 Å². The zero-order chi connectivity index (χ0) is 14.6. The van der Waals surface area contributed by atoms with Crippen molar-refractivity contribution in [3.8, 4) is 11.1 Å². The Balaban J connectivity index is 2.52. The smallest absolute Gasteiger partial charge is 0.282 e. The number of aryl methyl sites for hydroxylation is 1. The maximum absolute atomic E-state index is 11.6. The number of rotatable bonds is 5. The van der Waals surface area contributed by atoms with Crippen LogP contribution in [0.4, 0.5) is 0 Å². The van der Waals surface area contributed by atoms with Gasteiger partial charge in [-0.1, -0.05) is 55.8 Å². The van der Waals surface area contributed by atoms with E-state index < -0.39 is 10.1 Å². The van der Waals surface area contributed by atoms with Crippen molar-refractivity contribution in [3.05, 3.63) is 54.1 Å². The molecule has 3 nitrogen and oxygen atoms in total. The lowest BCUT2D eigenvalue weighted by molar-refractivity contribution is 0.483. The van der Waals surface area contributed by atoms with Crippen molar-refractivity contribution >= 4 is 10.1 Å². The predicted octanol–water partition coefficient (Wildman–Crippen LogP) is 3.94. The molecule has 0 unspecified atom stereocenters. The van der Waals surface area contributed by atoms with E-state index in [1.54, 1.807) is 12.1 Å². The van der Waals surface area contributed by atoms with Gasteiger partial charge in [-0.2, -0.15) is 8.42 Å². The third kappa shape index (κ3) is 3.46. The Morgan fingerprint density at radius 2 is 1.75 bits per heavy atom. The second kappa shape index (κ2) is 6.20. The van der Waals surface area contributed by atoms with Crippen molar-refractivity contribution in [3.63, 3.8) is 0 Å². The first kappa shape index (κ1) is 14.8. The molecule has 0 heterocycles. The molecule has 0 bridgehead atoms. The van der Waals surface area contributed by atoms with Crippen LogP contribution in [0.1, 0.15) is 25.3 Å². The average Bonchev–Trinajstić information content (AvgIpc) is 2.45. The Bertz CT molecular complexity index is 676. The number of hydrogen-bond acceptors (Lipinski definition) is 2. The summed E-state index contributed by atoms with van der Waals surface area (Å²) in [5.74, 6) is 0. The van der Waals surface area contributed by atoms with Gasteiger partial charge in [-0.3, -0.25) is 4.55 Å². The molecule has 0 aliphatic heterocycles. The van der Waals surface area contributed by atoms with E-state index in [2.05, 4.69) is 6.92 Å². The topological polar surface area (TPSA) is 54.4 Å². The van der Waals surface area contributed by atoms with Gasteiger partial charge in [0.05, 0.1) is 0 Å². The lowest BCUT2D eigenvalue weighted by atomic mass is 10.0. The quantitative estimate of drug-likeness (QED) is 0.848. The molecule has 0 saturated heterocycles. The molecule has 0 radical (unpaired) electrons. The first-order valence-electron chi connectivity index (χ1n) is 6.68. The minimum absolute atomic E-state index is 0.0164. The van der Waals surface area contributed by atoms with Gasteiger partial charge in [0.15, 0.2) is 0 Å². The van der Waals surface area contributed by atoms with Gasteiger partial charge >= 0.3 is 0 Å². The Morgan fingerprint density at radius 3 is 2.35 bits per heavy atom. The molecule has 0 fully saturated rings. The molecular weight excluding hydrogens is 272 g/mol. The van der Waals surface area contributed by atoms with Crippen LogP contribution in [-0.4, -0.2) is 13.0 Å². The summed E-state index contributed by atoms with van der Waals surface area (Å²) >= 11 is 0. The van der Waals surface area contributed by atoms with Gasteiger partial charge in [0.1, 0.15) is 4.90 Å². The van der Waals surface area contributed by atoms with Gasteiger partial charge in [-0.15, -0.1) is 0 Å². The van der Waals surface area contributed by atoms with Gasteiger partial charge in [0, 0.05) is 5.56 Å². The summed E-state index contributed by atoms with van der Waals surface area (Å²) in [4.78, 5) is -0.0164. The maximum Gasteiger partial charge on any atom is 0.295 e. The Kier molecular flexibility index (Phi) is 4.57. The highest BCUT2D eigenvalue weighted by Crippen LogP contribution is 2.28. The minimum atomic E-state index is -4.23. The van der Waals surface area contributed by atoms with E-state index in [-0.39, 0.29) is 4.90 Å². The molecule has 2 aromatic rings. The van der Waals surface area contributed by atoms with E-state index in [0.29, 0.717) is 5.56 Å². The van der Waals surface area contributed by atoms with Crippen LogP contribution in [0.5, 0.6) is 0 Å². The van der Waals surface area contributed by atoms with Crippen LogP contribution in [0.15, 0.2) is 53.4 Å². The second-order valence-corrected chi connectivity index (χ2v) is 6.17. The van der Waals surface area contributed by atoms with Crippen LogP contribution >= 0.6 is 0 Å². The predicted molar refractivity (Wildman–Crippen MR) is 80.3 cm³/mol. The first-order valence-corrected chi connectivity index (χ1v) is 8.12. The monoisotopic (exact) mass is 290 g/mol. The van der Waals surface area contributed by atoms with Gasteiger partial charge in [-0.05, 0) is 30.0 Å². The van der Waals surface area contributed by atoms with Crippen LogP contribution in [0.25, 0.3) is 11.1 Å². The third-order valence-electron chi connectivity index (χ3n) is 3.23. The maximum atomic E-state index is 11.6. The zero-order valence-corrected chi connectivity index (χ0v) is 12.2. The highest BCUT2D eigenvalue weighted by Gasteiger charge is 2.17. The van der Waals surface area contributed by atoms with Crippen LogP contribution < -0.4 is 0 Å². The normalized spacial score (nSPS) is 11.5. The summed E-state index contributed by atoms with van der Waals surface area (Å²) in [7, 11) is -4.23. The molecular formula is C16H18O3S. The van der Waals surface area contributed by atoms with Crippen molar-refractivity contribution in [2.24, 2.45) is 0 Å². The molecule has 20 heavy (non-hydrogen) atoms. The molecule has 4 heteroatoms. The third-order valence-corrected chi connectivity index (χ3v) is 4.12. The van der Waals surface area contributed by atoms with Crippen LogP contribution in [0.2, 0.25) is 0 Å². The molecule has 0 spiro atoms. The van der Waals surface area contributed by atoms with Crippen molar-refractivity contribution in [1.29, 1.82) is 0 Å². The number of hydrogen-bond donors (Lipinski definition) is 1. The standard InChI is InChI=1S/C16H18O3S/c1-2-3-7-13-10-11-15(14-8-5-4-6-9-14)16(12-13)20(17,18)19/h4-6,8-12H,2-3,7H2,1H3,(H,17,18,19). The fourth-order valence-corrected chi connectivity index (χ4v) is 2.94. The molecule has 0 aromatic heterocycles. The summed E-state index contributed by atoms with van der Waals surface area (Å²) in [5.41, 5.74) is 2.25. The van der Waals surface area contributed by atoms with Gasteiger partial charge < -0.3 is 0 Å². The van der Waals surface area contributed by atoms with Gasteiger partial charge in [-0.25, -0.2) is 0 Å². The summed E-state index contributed by atoms with van der Waals surface area (Å²) in [6, 6.07) is 14.5. The fraction of sp³-hybridized carbons (Fsp3) is 0.250. The van der Waals surface area contributed by atoms with Crippen LogP contribution in [0.3, 0.4) is 0 Å². The Morgan fingerprint density at radius 1 is 1.05 bits per heavy atom. The van der Waals surface area contributed by atoms with Crippen molar-refractivity contribution in [2.75, 3.05) is 0 Å². The highest BCUT2D eigenvalue weighted by molar-refractivity contribution is 7.86. The molecule has 0 aliphatic carbocycles. The van der Waals surface area contributed by atoms with E-state index in [4.69, 9.17) is 0 Å². The summed E-state index contributed by atoms with van der Waals surface area (Å²) in [6.45, 7) is 2.09. The second-order valence-electron chi connectivity index (χ2n) is 4.78. The average molecular weight is 290 g/mol. The largest absolute Gasteiger partial charge is 0.295 e. The first-order chi connectivity index (χ1) is 9.52. The SMILES string of the molecule is CCCCc1ccc(-c2ccccc2)c(S(=O)(=O)O)c1. The lowest BCUT2D eigenvalue weighted by Gasteiger charge is -2.10. The summed E-state index contributed by atoms with van der Waals surface area (Å²) < 4.78 is 32.7. The molecule has 0 saturated carbocycles. The molecule has 2 rings (SSSR count). The van der Waals surface area contributed by atoms with E-state index in [1.165, 1.54) is 0 Å². The van der Waals surface area contributed by atoms with Crippen LogP contribution in [-0.2, 0) is 16.5 Å². The van der Waals surface area contributed by atoms with Gasteiger partial charge in [0.2, 0.25) is 0 Å². The molecule has 106 valence electrons. The molecule has 0 atom stereocenters. The summed E-state index contributed by atoms with van der Waals surface area (Å²) in [6.07, 6.45) is 2.85. The summed E-state index contributed by atoms with van der Waals surface area (Å²) in [5, 5.41) is 0. The molecule has 0 aliphatic rings. The van der Waals surface area contributed by atoms with Crippen molar-refractivity contribution in [2.45, 2.75) is 31.1 Å². The molecule has 0 amide bonds. The zero-order valence-electron chi connectivity index (χ0n) is 11.4. The Labute approximate surface area is 120 Å². The van der Waals surface area contributed by atoms with E-state index in [9.17, 15) is 13.0 Å². The Hall–Kier alpha value is -1.65. The molecule has 1 N–H and O–H groups in total. The number of benzene rings is 2. The van der Waals surface area contributed by atoms with Crippen molar-refractivity contribution in [1.82, 2.24) is 0 Å². The van der Waals surface area contributed by atoms with E-state index in [0.717, 1.165) is 30.4 Å². The lowest BCUT2D eigenvalue weighted by Crippen LogP contribution is -2.02. The van der Waals surface area contributed by atoms with Crippen molar-refractivity contribution < 1.29 is 13.0 Å². The van der Waals surface area contributed by atoms with Crippen LogP contribution in [0, 0.1) is 0 Å². The molecule has 2 aromatic carbocycles. The highest BCUT2D eigenvalue weighted by atomic mass is 32.2.